The van der Waals surface area contributed by atoms with E-state index in [1.54, 1.807) is 0 Å². The molecule has 0 bridgehead atoms. The second-order valence-electron chi connectivity index (χ2n) is 7.70. The Balaban J connectivity index is 0.000000882. The van der Waals surface area contributed by atoms with Gasteiger partial charge in [0.15, 0.2) is 0 Å². The largest absolute Gasteiger partial charge is 0.399 e. The average Bonchev–Trinajstić information content (AvgIpc) is 3.21. The molecular weight excluding hydrogens is 350 g/mol. The molecule has 2 N–H and O–H groups in total. The van der Waals surface area contributed by atoms with Gasteiger partial charge in [-0.3, -0.25) is 0 Å². The summed E-state index contributed by atoms with van der Waals surface area (Å²) in [4.78, 5) is 0. The van der Waals surface area contributed by atoms with E-state index in [0.717, 1.165) is 5.69 Å². The molecule has 0 heterocycles. The Kier molecular flexibility index (Phi) is 3.89. The van der Waals surface area contributed by atoms with Crippen molar-refractivity contribution in [1.82, 2.24) is 0 Å². The van der Waals surface area contributed by atoms with Crippen LogP contribution in [0.5, 0.6) is 0 Å². The zero-order chi connectivity index (χ0) is 20.2. The summed E-state index contributed by atoms with van der Waals surface area (Å²) in [6.07, 6.45) is 0. The molecule has 29 heavy (non-hydrogen) atoms. The summed E-state index contributed by atoms with van der Waals surface area (Å²) in [7, 11) is 0. The summed E-state index contributed by atoms with van der Waals surface area (Å²) in [5, 5.41) is 0. The number of nitrogens with two attached hydrogens (primary N) is 1. The summed E-state index contributed by atoms with van der Waals surface area (Å²) in [5.74, 6) is 0. The Labute approximate surface area is 172 Å². The third-order valence-corrected chi connectivity index (χ3v) is 6.27. The second kappa shape index (κ2) is 6.35. The minimum Gasteiger partial charge on any atom is -0.399 e. The van der Waals surface area contributed by atoms with Gasteiger partial charge < -0.3 is 5.73 Å². The van der Waals surface area contributed by atoms with Crippen molar-refractivity contribution < 1.29 is 0 Å². The molecule has 4 aromatic rings. The molecule has 2 aliphatic rings. The van der Waals surface area contributed by atoms with Gasteiger partial charge in [-0.15, -0.1) is 0 Å². The van der Waals surface area contributed by atoms with Gasteiger partial charge in [0.1, 0.15) is 0 Å². The van der Waals surface area contributed by atoms with Crippen molar-refractivity contribution in [2.45, 2.75) is 26.2 Å². The molecule has 0 saturated heterocycles. The van der Waals surface area contributed by atoms with Crippen LogP contribution in [0.3, 0.4) is 0 Å². The highest BCUT2D eigenvalue weighted by molar-refractivity contribution is 5.95. The first-order chi connectivity index (χ1) is 14.2. The van der Waals surface area contributed by atoms with Gasteiger partial charge in [0, 0.05) is 5.69 Å². The third kappa shape index (κ3) is 2.16. The number of anilines is 1. The fourth-order valence-electron chi connectivity index (χ4n) is 5.28. The normalized spacial score (nSPS) is 13.8. The van der Waals surface area contributed by atoms with Crippen molar-refractivity contribution in [1.29, 1.82) is 0 Å². The monoisotopic (exact) mass is 375 g/mol. The molecule has 0 saturated carbocycles. The van der Waals surface area contributed by atoms with Crippen LogP contribution in [0.2, 0.25) is 0 Å². The van der Waals surface area contributed by atoms with E-state index in [2.05, 4.69) is 85.8 Å². The minimum absolute atomic E-state index is 0.251. The SMILES string of the molecule is CC.Cc1ccc2c(c1)-c1cc(N)ccc1C21c2ccccc2-c2ccccc21. The number of aryl methyl sites for hydroxylation is 1. The lowest BCUT2D eigenvalue weighted by atomic mass is 9.70. The summed E-state index contributed by atoms with van der Waals surface area (Å²) in [5.41, 5.74) is 18.8. The lowest BCUT2D eigenvalue weighted by Crippen LogP contribution is -2.25. The Morgan fingerprint density at radius 2 is 1.03 bits per heavy atom. The Bertz CT molecular complexity index is 1150. The van der Waals surface area contributed by atoms with E-state index >= 15 is 0 Å². The van der Waals surface area contributed by atoms with E-state index in [-0.39, 0.29) is 5.41 Å². The van der Waals surface area contributed by atoms with Gasteiger partial charge in [-0.05, 0) is 63.6 Å². The molecule has 2 aliphatic carbocycles. The third-order valence-electron chi connectivity index (χ3n) is 6.27. The van der Waals surface area contributed by atoms with Gasteiger partial charge in [0.25, 0.3) is 0 Å². The molecule has 0 fully saturated rings. The van der Waals surface area contributed by atoms with E-state index in [0.29, 0.717) is 0 Å². The van der Waals surface area contributed by atoms with Crippen LogP contribution in [0.15, 0.2) is 84.9 Å². The topological polar surface area (TPSA) is 26.0 Å². The highest BCUT2D eigenvalue weighted by Crippen LogP contribution is 2.62. The molecule has 142 valence electrons. The number of benzene rings is 4. The van der Waals surface area contributed by atoms with Crippen molar-refractivity contribution in [3.63, 3.8) is 0 Å². The number of hydrogen-bond acceptors (Lipinski definition) is 1. The van der Waals surface area contributed by atoms with Gasteiger partial charge >= 0.3 is 0 Å². The number of rotatable bonds is 0. The maximum absolute atomic E-state index is 6.20. The van der Waals surface area contributed by atoms with Crippen LogP contribution in [0.25, 0.3) is 22.3 Å². The molecule has 0 aromatic heterocycles. The average molecular weight is 376 g/mol. The van der Waals surface area contributed by atoms with Crippen molar-refractivity contribution in [2.24, 2.45) is 0 Å². The molecule has 1 nitrogen and oxygen atoms in total. The summed E-state index contributed by atoms with van der Waals surface area (Å²) in [6, 6.07) is 31.0. The smallest absolute Gasteiger partial charge is 0.0725 e. The molecule has 1 spiro atoms. The molecule has 0 amide bonds. The summed E-state index contributed by atoms with van der Waals surface area (Å²) >= 11 is 0. The second-order valence-corrected chi connectivity index (χ2v) is 7.70. The van der Waals surface area contributed by atoms with Gasteiger partial charge in [-0.25, -0.2) is 0 Å². The molecule has 4 aromatic carbocycles. The fourth-order valence-corrected chi connectivity index (χ4v) is 5.28. The summed E-state index contributed by atoms with van der Waals surface area (Å²) in [6.45, 7) is 6.16. The Morgan fingerprint density at radius 1 is 0.552 bits per heavy atom. The zero-order valence-electron chi connectivity index (χ0n) is 17.2. The van der Waals surface area contributed by atoms with E-state index in [1.807, 2.05) is 19.9 Å². The molecular formula is C28H25N. The van der Waals surface area contributed by atoms with Crippen molar-refractivity contribution in [3.05, 3.63) is 113 Å². The van der Waals surface area contributed by atoms with Gasteiger partial charge in [-0.2, -0.15) is 0 Å². The van der Waals surface area contributed by atoms with Crippen LogP contribution in [-0.2, 0) is 5.41 Å². The fraction of sp³-hybridized carbons (Fsp3) is 0.143. The van der Waals surface area contributed by atoms with Gasteiger partial charge in [0.05, 0.1) is 5.41 Å². The Hall–Kier alpha value is -3.32. The van der Waals surface area contributed by atoms with Crippen LogP contribution in [0, 0.1) is 6.92 Å². The van der Waals surface area contributed by atoms with Gasteiger partial charge in [0.2, 0.25) is 0 Å². The van der Waals surface area contributed by atoms with Crippen LogP contribution < -0.4 is 5.73 Å². The Morgan fingerprint density at radius 3 is 1.66 bits per heavy atom. The highest BCUT2D eigenvalue weighted by atomic mass is 14.6. The maximum Gasteiger partial charge on any atom is 0.0725 e. The van der Waals surface area contributed by atoms with Crippen LogP contribution in [0.4, 0.5) is 5.69 Å². The molecule has 1 heteroatoms. The first-order valence-corrected chi connectivity index (χ1v) is 10.4. The number of nitrogen functional groups attached to an aromatic ring is 1. The van der Waals surface area contributed by atoms with E-state index in [1.165, 1.54) is 50.1 Å². The predicted octanol–water partition coefficient (Wildman–Crippen LogP) is 6.95. The first kappa shape index (κ1) is 17.8. The van der Waals surface area contributed by atoms with E-state index < -0.39 is 0 Å². The predicted molar refractivity (Wildman–Crippen MR) is 123 cm³/mol. The van der Waals surface area contributed by atoms with E-state index in [9.17, 15) is 0 Å². The van der Waals surface area contributed by atoms with Crippen molar-refractivity contribution >= 4 is 5.69 Å². The summed E-state index contributed by atoms with van der Waals surface area (Å²) < 4.78 is 0. The van der Waals surface area contributed by atoms with Crippen molar-refractivity contribution in [2.75, 3.05) is 5.73 Å². The standard InChI is InChI=1S/C26H19N.C2H6/c1-16-10-12-24-20(14-16)21-15-17(27)11-13-25(21)26(24)22-8-4-2-6-18(22)19-7-3-5-9-23(19)26;1-2/h2-15H,27H2,1H3;1-2H3. The van der Waals surface area contributed by atoms with Crippen LogP contribution in [0.1, 0.15) is 41.7 Å². The quantitative estimate of drug-likeness (QED) is 0.286. The lowest BCUT2D eigenvalue weighted by Gasteiger charge is -2.30. The molecule has 0 radical (unpaired) electrons. The molecule has 0 unspecified atom stereocenters. The zero-order valence-corrected chi connectivity index (χ0v) is 17.2. The number of hydrogen-bond donors (Lipinski definition) is 1. The van der Waals surface area contributed by atoms with Crippen molar-refractivity contribution in [3.8, 4) is 22.3 Å². The molecule has 6 rings (SSSR count). The first-order valence-electron chi connectivity index (χ1n) is 10.4. The van der Waals surface area contributed by atoms with Crippen LogP contribution >= 0.6 is 0 Å². The lowest BCUT2D eigenvalue weighted by molar-refractivity contribution is 0.793. The highest BCUT2D eigenvalue weighted by Gasteiger charge is 2.51. The van der Waals surface area contributed by atoms with Crippen LogP contribution in [-0.4, -0.2) is 0 Å². The number of fused-ring (bicyclic) bond motifs is 10. The van der Waals surface area contributed by atoms with E-state index in [4.69, 9.17) is 5.73 Å². The maximum atomic E-state index is 6.20. The minimum atomic E-state index is -0.251. The van der Waals surface area contributed by atoms with Gasteiger partial charge in [-0.1, -0.05) is 92.2 Å². The molecule has 0 aliphatic heterocycles. The molecule has 0 atom stereocenters.